The Bertz CT molecular complexity index is 688. The fourth-order valence-electron chi connectivity index (χ4n) is 3.08. The van der Waals surface area contributed by atoms with Crippen LogP contribution in [0.1, 0.15) is 44.9 Å². The summed E-state index contributed by atoms with van der Waals surface area (Å²) in [5.74, 6) is 0.238. The smallest absolute Gasteiger partial charge is 0.297 e. The van der Waals surface area contributed by atoms with Gasteiger partial charge in [0.15, 0.2) is 5.82 Å². The predicted octanol–water partition coefficient (Wildman–Crippen LogP) is 3.97. The van der Waals surface area contributed by atoms with E-state index in [9.17, 15) is 4.39 Å². The molecule has 1 heterocycles. The van der Waals surface area contributed by atoms with Crippen molar-refractivity contribution < 1.29 is 13.9 Å². The molecule has 0 unspecified atom stereocenters. The maximum Gasteiger partial charge on any atom is 0.297 e. The van der Waals surface area contributed by atoms with E-state index >= 15 is 0 Å². The number of hydrogen-bond acceptors (Lipinski definition) is 3. The Kier molecular flexibility index (Phi) is 3.43. The van der Waals surface area contributed by atoms with Crippen LogP contribution >= 0.6 is 0 Å². The van der Waals surface area contributed by atoms with Gasteiger partial charge >= 0.3 is 0 Å². The van der Waals surface area contributed by atoms with Crippen molar-refractivity contribution >= 4 is 11.0 Å². The Labute approximate surface area is 129 Å². The van der Waals surface area contributed by atoms with Crippen LogP contribution in [0, 0.1) is 5.82 Å². The molecule has 118 valence electrons. The van der Waals surface area contributed by atoms with Crippen molar-refractivity contribution in [2.24, 2.45) is 7.05 Å². The third kappa shape index (κ3) is 2.64. The first kappa shape index (κ1) is 13.9. The lowest BCUT2D eigenvalue weighted by atomic mass is 9.98. The van der Waals surface area contributed by atoms with Gasteiger partial charge in [-0.2, -0.15) is 4.98 Å². The van der Waals surface area contributed by atoms with Crippen molar-refractivity contribution in [3.05, 3.63) is 17.9 Å². The molecule has 2 aliphatic carbocycles. The Morgan fingerprint density at radius 3 is 2.50 bits per heavy atom. The second-order valence-corrected chi connectivity index (χ2v) is 6.42. The lowest BCUT2D eigenvalue weighted by Gasteiger charge is -2.22. The summed E-state index contributed by atoms with van der Waals surface area (Å²) in [5.41, 5.74) is 1.08. The molecule has 0 radical (unpaired) electrons. The molecule has 2 fully saturated rings. The number of benzene rings is 1. The van der Waals surface area contributed by atoms with Crippen LogP contribution in [-0.4, -0.2) is 21.8 Å². The molecule has 0 bridgehead atoms. The summed E-state index contributed by atoms with van der Waals surface area (Å²) >= 11 is 0. The van der Waals surface area contributed by atoms with Crippen molar-refractivity contribution in [3.63, 3.8) is 0 Å². The van der Waals surface area contributed by atoms with Gasteiger partial charge in [0.1, 0.15) is 17.4 Å². The molecule has 1 aromatic carbocycles. The van der Waals surface area contributed by atoms with Gasteiger partial charge in [-0.25, -0.2) is 4.39 Å². The van der Waals surface area contributed by atoms with Gasteiger partial charge in [-0.3, -0.25) is 4.57 Å². The van der Waals surface area contributed by atoms with Crippen molar-refractivity contribution in [2.45, 2.75) is 57.2 Å². The van der Waals surface area contributed by atoms with Crippen LogP contribution in [-0.2, 0) is 7.05 Å². The molecule has 22 heavy (non-hydrogen) atoms. The maximum absolute atomic E-state index is 14.3. The lowest BCUT2D eigenvalue weighted by molar-refractivity contribution is 0.138. The fraction of sp³-hybridized carbons (Fsp3) is 0.588. The second-order valence-electron chi connectivity index (χ2n) is 6.42. The number of nitrogens with zero attached hydrogens (tertiary/aromatic N) is 2. The third-order valence-corrected chi connectivity index (χ3v) is 4.52. The molecule has 0 saturated heterocycles. The predicted molar refractivity (Wildman–Crippen MR) is 81.8 cm³/mol. The highest BCUT2D eigenvalue weighted by molar-refractivity contribution is 5.79. The second kappa shape index (κ2) is 5.45. The number of aryl methyl sites for hydroxylation is 1. The summed E-state index contributed by atoms with van der Waals surface area (Å²) in [6, 6.07) is 3.79. The van der Waals surface area contributed by atoms with Gasteiger partial charge < -0.3 is 9.47 Å². The first-order valence-electron chi connectivity index (χ1n) is 8.20. The van der Waals surface area contributed by atoms with Crippen LogP contribution in [0.3, 0.4) is 0 Å². The van der Waals surface area contributed by atoms with Crippen LogP contribution in [0.25, 0.3) is 11.0 Å². The van der Waals surface area contributed by atoms with Crippen LogP contribution in [0.4, 0.5) is 4.39 Å². The van der Waals surface area contributed by atoms with Crippen molar-refractivity contribution in [3.8, 4) is 11.8 Å². The molecule has 2 aromatic rings. The molecule has 4 rings (SSSR count). The molecule has 2 aliphatic rings. The number of rotatable bonds is 4. The molecule has 1 aromatic heterocycles. The summed E-state index contributed by atoms with van der Waals surface area (Å²) in [6.45, 7) is 0. The van der Waals surface area contributed by atoms with Gasteiger partial charge in [-0.15, -0.1) is 0 Å². The summed E-state index contributed by atoms with van der Waals surface area (Å²) in [7, 11) is 1.87. The average molecular weight is 304 g/mol. The van der Waals surface area contributed by atoms with E-state index in [-0.39, 0.29) is 18.0 Å². The number of fused-ring (bicyclic) bond motifs is 1. The molecule has 4 nitrogen and oxygen atoms in total. The highest BCUT2D eigenvalue weighted by atomic mass is 19.1. The van der Waals surface area contributed by atoms with E-state index in [1.54, 1.807) is 0 Å². The largest absolute Gasteiger partial charge is 0.490 e. The van der Waals surface area contributed by atoms with E-state index in [1.165, 1.54) is 25.3 Å². The standard InChI is InChI=1S/C17H21FN2O2/c1-20-15-10-13(21-12-7-8-12)9-14(18)16(15)19-17(20)22-11-5-3-2-4-6-11/h9-12H,2-8H2,1H3. The van der Waals surface area contributed by atoms with E-state index < -0.39 is 0 Å². The maximum atomic E-state index is 14.3. The lowest BCUT2D eigenvalue weighted by Crippen LogP contribution is -2.21. The molecular weight excluding hydrogens is 283 g/mol. The number of hydrogen-bond donors (Lipinski definition) is 0. The average Bonchev–Trinajstić information content (AvgIpc) is 3.27. The molecule has 0 aliphatic heterocycles. The zero-order chi connectivity index (χ0) is 15.1. The van der Waals surface area contributed by atoms with Crippen LogP contribution in [0.2, 0.25) is 0 Å². The quantitative estimate of drug-likeness (QED) is 0.857. The van der Waals surface area contributed by atoms with Gasteiger partial charge in [0.25, 0.3) is 6.01 Å². The monoisotopic (exact) mass is 304 g/mol. The van der Waals surface area contributed by atoms with Crippen LogP contribution in [0.15, 0.2) is 12.1 Å². The number of halogens is 1. The topological polar surface area (TPSA) is 36.3 Å². The summed E-state index contributed by atoms with van der Waals surface area (Å²) in [6.07, 6.45) is 8.35. The number of ether oxygens (including phenoxy) is 2. The van der Waals surface area contributed by atoms with Crippen LogP contribution < -0.4 is 9.47 Å². The first-order valence-corrected chi connectivity index (χ1v) is 8.20. The summed E-state index contributed by atoms with van der Waals surface area (Å²) < 4.78 is 27.8. The van der Waals surface area contributed by atoms with Gasteiger partial charge in [0.2, 0.25) is 0 Å². The molecular formula is C17H21FN2O2. The Hall–Kier alpha value is -1.78. The van der Waals surface area contributed by atoms with E-state index in [4.69, 9.17) is 9.47 Å². The van der Waals surface area contributed by atoms with E-state index in [1.807, 2.05) is 17.7 Å². The number of aromatic nitrogens is 2. The first-order chi connectivity index (χ1) is 10.7. The van der Waals surface area contributed by atoms with E-state index in [0.717, 1.165) is 31.2 Å². The van der Waals surface area contributed by atoms with Crippen molar-refractivity contribution in [1.29, 1.82) is 0 Å². The minimum absolute atomic E-state index is 0.203. The minimum Gasteiger partial charge on any atom is -0.490 e. The summed E-state index contributed by atoms with van der Waals surface area (Å²) in [4.78, 5) is 4.35. The third-order valence-electron chi connectivity index (χ3n) is 4.52. The number of imidazole rings is 1. The Morgan fingerprint density at radius 2 is 1.77 bits per heavy atom. The van der Waals surface area contributed by atoms with Crippen molar-refractivity contribution in [1.82, 2.24) is 9.55 Å². The molecule has 0 spiro atoms. The Morgan fingerprint density at radius 1 is 1.05 bits per heavy atom. The van der Waals surface area contributed by atoms with Gasteiger partial charge in [-0.05, 0) is 38.5 Å². The van der Waals surface area contributed by atoms with Crippen LogP contribution in [0.5, 0.6) is 11.8 Å². The van der Waals surface area contributed by atoms with Gasteiger partial charge in [0, 0.05) is 19.2 Å². The highest BCUT2D eigenvalue weighted by Crippen LogP contribution is 2.32. The van der Waals surface area contributed by atoms with E-state index in [0.29, 0.717) is 17.3 Å². The molecule has 2 saturated carbocycles. The molecule has 5 heteroatoms. The van der Waals surface area contributed by atoms with E-state index in [2.05, 4.69) is 4.98 Å². The zero-order valence-corrected chi connectivity index (χ0v) is 12.8. The Balaban J connectivity index is 1.64. The van der Waals surface area contributed by atoms with Gasteiger partial charge in [-0.1, -0.05) is 6.42 Å². The molecule has 0 atom stereocenters. The van der Waals surface area contributed by atoms with Gasteiger partial charge in [0.05, 0.1) is 11.6 Å². The SMILES string of the molecule is Cn1c(OC2CCCCC2)nc2c(F)cc(OC3CC3)cc21. The normalized spacial score (nSPS) is 19.5. The van der Waals surface area contributed by atoms with Crippen molar-refractivity contribution in [2.75, 3.05) is 0 Å². The zero-order valence-electron chi connectivity index (χ0n) is 12.8. The molecule has 0 amide bonds. The minimum atomic E-state index is -0.345. The highest BCUT2D eigenvalue weighted by Gasteiger charge is 2.25. The summed E-state index contributed by atoms with van der Waals surface area (Å²) in [5, 5.41) is 0. The fourth-order valence-corrected chi connectivity index (χ4v) is 3.08. The molecule has 0 N–H and O–H groups in total.